The van der Waals surface area contributed by atoms with Crippen molar-refractivity contribution < 1.29 is 4.79 Å². The number of aromatic nitrogens is 2. The molecule has 1 aromatic heterocycles. The summed E-state index contributed by atoms with van der Waals surface area (Å²) in [6, 6.07) is 14.7. The molecular formula is C22H26N4O3. The lowest BCUT2D eigenvalue weighted by atomic mass is 10.2. The average molecular weight is 394 g/mol. The normalized spacial score (nSPS) is 11.0. The van der Waals surface area contributed by atoms with Crippen molar-refractivity contribution in [3.8, 4) is 0 Å². The van der Waals surface area contributed by atoms with Crippen LogP contribution in [0.25, 0.3) is 10.8 Å². The highest BCUT2D eigenvalue weighted by atomic mass is 16.2. The fraction of sp³-hybridized carbons (Fsp3) is 0.318. The zero-order chi connectivity index (χ0) is 21.0. The summed E-state index contributed by atoms with van der Waals surface area (Å²) in [4.78, 5) is 39.2. The fourth-order valence-electron chi connectivity index (χ4n) is 3.42. The topological polar surface area (TPSA) is 87.2 Å². The minimum absolute atomic E-state index is 0.0724. The molecule has 7 nitrogen and oxygen atoms in total. The van der Waals surface area contributed by atoms with Gasteiger partial charge in [-0.1, -0.05) is 12.1 Å². The van der Waals surface area contributed by atoms with E-state index in [1.807, 2.05) is 24.3 Å². The molecule has 0 aliphatic carbocycles. The molecule has 0 saturated carbocycles. The smallest absolute Gasteiger partial charge is 0.273 e. The molecule has 29 heavy (non-hydrogen) atoms. The number of aryl methyl sites for hydroxylation is 1. The third-order valence-corrected chi connectivity index (χ3v) is 4.89. The van der Waals surface area contributed by atoms with E-state index < -0.39 is 0 Å². The van der Waals surface area contributed by atoms with Crippen molar-refractivity contribution in [3.63, 3.8) is 0 Å². The van der Waals surface area contributed by atoms with Crippen molar-refractivity contribution in [2.75, 3.05) is 16.8 Å². The lowest BCUT2D eigenvalue weighted by Gasteiger charge is -2.27. The molecule has 0 unspecified atom stereocenters. The molecular weight excluding hydrogens is 368 g/mol. The van der Waals surface area contributed by atoms with Crippen molar-refractivity contribution in [3.05, 3.63) is 69.2 Å². The van der Waals surface area contributed by atoms with Crippen LogP contribution in [0.3, 0.4) is 0 Å². The van der Waals surface area contributed by atoms with E-state index in [0.717, 1.165) is 12.2 Å². The Bertz CT molecular complexity index is 1110. The van der Waals surface area contributed by atoms with Crippen LogP contribution in [0.4, 0.5) is 11.4 Å². The van der Waals surface area contributed by atoms with Gasteiger partial charge in [-0.25, -0.2) is 4.68 Å². The molecule has 0 spiro atoms. The van der Waals surface area contributed by atoms with E-state index >= 15 is 0 Å². The van der Waals surface area contributed by atoms with Crippen LogP contribution in [0.5, 0.6) is 0 Å². The number of aromatic amines is 1. The molecule has 2 aromatic carbocycles. The van der Waals surface area contributed by atoms with E-state index in [4.69, 9.17) is 0 Å². The van der Waals surface area contributed by atoms with Gasteiger partial charge in [-0.05, 0) is 57.2 Å². The number of H-pyrrole nitrogens is 1. The minimum Gasteiger partial charge on any atom is -0.369 e. The number of nitrogens with one attached hydrogen (secondary N) is 2. The Morgan fingerprint density at radius 2 is 1.72 bits per heavy atom. The van der Waals surface area contributed by atoms with E-state index in [1.165, 1.54) is 4.68 Å². The summed E-state index contributed by atoms with van der Waals surface area (Å²) in [5.74, 6) is -0.227. The van der Waals surface area contributed by atoms with Gasteiger partial charge in [0.25, 0.3) is 11.1 Å². The van der Waals surface area contributed by atoms with Crippen molar-refractivity contribution in [1.29, 1.82) is 0 Å². The Hall–Kier alpha value is -3.35. The van der Waals surface area contributed by atoms with Gasteiger partial charge in [0.15, 0.2) is 0 Å². The molecule has 0 radical (unpaired) electrons. The van der Waals surface area contributed by atoms with Crippen molar-refractivity contribution in [2.45, 2.75) is 39.8 Å². The largest absolute Gasteiger partial charge is 0.369 e. The predicted octanol–water partition coefficient (Wildman–Crippen LogP) is 2.95. The maximum absolute atomic E-state index is 12.5. The summed E-state index contributed by atoms with van der Waals surface area (Å²) in [7, 11) is 0. The van der Waals surface area contributed by atoms with Crippen LogP contribution >= 0.6 is 0 Å². The molecule has 1 amide bonds. The van der Waals surface area contributed by atoms with Gasteiger partial charge in [-0.15, -0.1) is 0 Å². The Labute approximate surface area is 169 Å². The SMILES string of the molecule is CCN(c1ccc(NC(=O)CCn2[nH]c(=O)c3ccccc3c2=O)cc1)C(C)C. The zero-order valence-corrected chi connectivity index (χ0v) is 16.9. The number of amides is 1. The minimum atomic E-state index is -0.346. The molecule has 3 aromatic rings. The van der Waals surface area contributed by atoms with E-state index in [1.54, 1.807) is 24.3 Å². The lowest BCUT2D eigenvalue weighted by Crippen LogP contribution is -2.31. The van der Waals surface area contributed by atoms with Crippen molar-refractivity contribution in [2.24, 2.45) is 0 Å². The first-order valence-corrected chi connectivity index (χ1v) is 9.79. The number of carbonyl (C=O) groups is 1. The maximum Gasteiger partial charge on any atom is 0.273 e. The van der Waals surface area contributed by atoms with E-state index in [-0.39, 0.29) is 30.0 Å². The number of hydrogen-bond donors (Lipinski definition) is 2. The Morgan fingerprint density at radius 3 is 2.34 bits per heavy atom. The second-order valence-electron chi connectivity index (χ2n) is 7.17. The first-order valence-electron chi connectivity index (χ1n) is 9.79. The van der Waals surface area contributed by atoms with Gasteiger partial charge in [0.05, 0.1) is 17.3 Å². The maximum atomic E-state index is 12.5. The van der Waals surface area contributed by atoms with Gasteiger partial charge in [0, 0.05) is 30.4 Å². The highest BCUT2D eigenvalue weighted by Gasteiger charge is 2.10. The van der Waals surface area contributed by atoms with Crippen LogP contribution in [0.1, 0.15) is 27.2 Å². The zero-order valence-electron chi connectivity index (χ0n) is 16.9. The highest BCUT2D eigenvalue weighted by Crippen LogP contribution is 2.20. The summed E-state index contributed by atoms with van der Waals surface area (Å²) in [5.41, 5.74) is 1.13. The van der Waals surface area contributed by atoms with Crippen LogP contribution < -0.4 is 21.3 Å². The summed E-state index contributed by atoms with van der Waals surface area (Å²) in [6.07, 6.45) is 0.0724. The Morgan fingerprint density at radius 1 is 1.07 bits per heavy atom. The van der Waals surface area contributed by atoms with Gasteiger partial charge < -0.3 is 10.2 Å². The summed E-state index contributed by atoms with van der Waals surface area (Å²) in [6.45, 7) is 7.38. The lowest BCUT2D eigenvalue weighted by molar-refractivity contribution is -0.116. The summed E-state index contributed by atoms with van der Waals surface area (Å²) < 4.78 is 1.19. The summed E-state index contributed by atoms with van der Waals surface area (Å²) >= 11 is 0. The molecule has 7 heteroatoms. The molecule has 0 aliphatic heterocycles. The van der Waals surface area contributed by atoms with Gasteiger partial charge >= 0.3 is 0 Å². The number of hydrogen-bond acceptors (Lipinski definition) is 4. The van der Waals surface area contributed by atoms with Crippen LogP contribution in [0.15, 0.2) is 58.1 Å². The number of nitrogens with zero attached hydrogens (tertiary/aromatic N) is 2. The number of carbonyl (C=O) groups excluding carboxylic acids is 1. The van der Waals surface area contributed by atoms with Crippen molar-refractivity contribution in [1.82, 2.24) is 9.78 Å². The van der Waals surface area contributed by atoms with Gasteiger partial charge in [-0.3, -0.25) is 19.5 Å². The molecule has 152 valence electrons. The molecule has 0 aliphatic rings. The molecule has 0 bridgehead atoms. The third-order valence-electron chi connectivity index (χ3n) is 4.89. The monoisotopic (exact) mass is 394 g/mol. The van der Waals surface area contributed by atoms with E-state index in [0.29, 0.717) is 22.5 Å². The number of benzene rings is 2. The standard InChI is InChI=1S/C22H26N4O3/c1-4-25(15(2)3)17-11-9-16(10-12-17)23-20(27)13-14-26-22(29)19-8-6-5-7-18(19)21(28)24-26/h5-12,15H,4,13-14H2,1-3H3,(H,23,27)(H,24,28). The first kappa shape index (κ1) is 20.4. The summed E-state index contributed by atoms with van der Waals surface area (Å²) in [5, 5.41) is 6.06. The number of rotatable bonds is 7. The average Bonchev–Trinajstić information content (AvgIpc) is 2.71. The van der Waals surface area contributed by atoms with Crippen LogP contribution in [-0.2, 0) is 11.3 Å². The first-order chi connectivity index (χ1) is 13.9. The highest BCUT2D eigenvalue weighted by molar-refractivity contribution is 5.90. The predicted molar refractivity (Wildman–Crippen MR) is 117 cm³/mol. The third kappa shape index (κ3) is 4.56. The molecule has 0 saturated heterocycles. The molecule has 0 atom stereocenters. The Balaban J connectivity index is 1.66. The van der Waals surface area contributed by atoms with Crippen molar-refractivity contribution >= 4 is 28.1 Å². The van der Waals surface area contributed by atoms with Gasteiger partial charge in [0.2, 0.25) is 5.91 Å². The van der Waals surface area contributed by atoms with Crippen LogP contribution in [-0.4, -0.2) is 28.3 Å². The van der Waals surface area contributed by atoms with Gasteiger partial charge in [0.1, 0.15) is 0 Å². The molecule has 1 heterocycles. The van der Waals surface area contributed by atoms with E-state index in [2.05, 4.69) is 36.1 Å². The fourth-order valence-corrected chi connectivity index (χ4v) is 3.42. The second-order valence-corrected chi connectivity index (χ2v) is 7.17. The molecule has 2 N–H and O–H groups in total. The van der Waals surface area contributed by atoms with Crippen LogP contribution in [0, 0.1) is 0 Å². The Kier molecular flexibility index (Phi) is 6.16. The van der Waals surface area contributed by atoms with Crippen LogP contribution in [0.2, 0.25) is 0 Å². The van der Waals surface area contributed by atoms with Gasteiger partial charge in [-0.2, -0.15) is 0 Å². The number of anilines is 2. The molecule has 0 fully saturated rings. The molecule has 3 rings (SSSR count). The second kappa shape index (κ2) is 8.77. The number of fused-ring (bicyclic) bond motifs is 1. The van der Waals surface area contributed by atoms with E-state index in [9.17, 15) is 14.4 Å². The quantitative estimate of drug-likeness (QED) is 0.645.